The molecular weight excluding hydrogens is 244 g/mol. The average molecular weight is 255 g/mol. The van der Waals surface area contributed by atoms with E-state index in [0.29, 0.717) is 0 Å². The third-order valence-electron chi connectivity index (χ3n) is 3.51. The molecule has 20 heavy (non-hydrogen) atoms. The van der Waals surface area contributed by atoms with Crippen molar-refractivity contribution in [3.63, 3.8) is 0 Å². The molecule has 0 atom stereocenters. The van der Waals surface area contributed by atoms with Gasteiger partial charge in [-0.15, -0.1) is 0 Å². The quantitative estimate of drug-likeness (QED) is 0.508. The Balaban J connectivity index is 2.01. The zero-order valence-corrected chi connectivity index (χ0v) is 10.7. The Labute approximate surface area is 116 Å². The molecule has 0 bridgehead atoms. The van der Waals surface area contributed by atoms with Crippen LogP contribution in [-0.2, 0) is 0 Å². The topological polar surface area (TPSA) is 25.8 Å². The summed E-state index contributed by atoms with van der Waals surface area (Å²) in [7, 11) is 0. The number of benzene rings is 2. The molecule has 2 heteroatoms. The van der Waals surface area contributed by atoms with E-state index in [2.05, 4.69) is 46.5 Å². The van der Waals surface area contributed by atoms with Gasteiger partial charge in [-0.3, -0.25) is 4.98 Å². The maximum Gasteiger partial charge on any atom is 0.0978 e. The van der Waals surface area contributed by atoms with Gasteiger partial charge in [0.2, 0.25) is 0 Å². The van der Waals surface area contributed by atoms with Crippen molar-refractivity contribution in [3.05, 3.63) is 73.2 Å². The summed E-state index contributed by atoms with van der Waals surface area (Å²) in [6.45, 7) is 0. The fraction of sp³-hybridized carbons (Fsp3) is 0. The molecule has 0 aliphatic rings. The Morgan fingerprint density at radius 2 is 1.75 bits per heavy atom. The van der Waals surface area contributed by atoms with E-state index in [9.17, 15) is 0 Å². The van der Waals surface area contributed by atoms with Gasteiger partial charge in [-0.05, 0) is 22.9 Å². The van der Waals surface area contributed by atoms with Gasteiger partial charge >= 0.3 is 0 Å². The minimum atomic E-state index is 0.933. The number of nitrogens with zero attached hydrogens (tertiary/aromatic N) is 2. The third kappa shape index (κ3) is 1.74. The SMILES string of the molecule is [c]1nc(-c2cccc3ccncc23)cc2ccccc12. The van der Waals surface area contributed by atoms with Crippen LogP contribution in [0, 0.1) is 6.20 Å². The Bertz CT molecular complexity index is 908. The molecule has 2 nitrogen and oxygen atoms in total. The standard InChI is InChI=1S/C18H11N2/c1-2-5-15-11-20-18(10-14(15)4-1)16-7-3-6-13-8-9-19-12-17(13)16/h1-10,12H. The maximum atomic E-state index is 4.47. The minimum Gasteiger partial charge on any atom is -0.264 e. The lowest BCUT2D eigenvalue weighted by Gasteiger charge is -2.06. The van der Waals surface area contributed by atoms with Crippen LogP contribution in [0.4, 0.5) is 0 Å². The summed E-state index contributed by atoms with van der Waals surface area (Å²) in [5, 5.41) is 4.48. The van der Waals surface area contributed by atoms with Gasteiger partial charge in [0.15, 0.2) is 0 Å². The summed E-state index contributed by atoms with van der Waals surface area (Å²) in [5.74, 6) is 0. The molecule has 1 radical (unpaired) electrons. The number of hydrogen-bond acceptors (Lipinski definition) is 2. The lowest BCUT2D eigenvalue weighted by atomic mass is 10.0. The van der Waals surface area contributed by atoms with Gasteiger partial charge in [-0.2, -0.15) is 0 Å². The Morgan fingerprint density at radius 1 is 0.850 bits per heavy atom. The molecule has 0 aliphatic heterocycles. The molecule has 4 aromatic rings. The Kier molecular flexibility index (Phi) is 2.46. The van der Waals surface area contributed by atoms with Crippen molar-refractivity contribution in [2.75, 3.05) is 0 Å². The van der Waals surface area contributed by atoms with Crippen LogP contribution < -0.4 is 0 Å². The van der Waals surface area contributed by atoms with E-state index in [1.54, 1.807) is 0 Å². The second-order valence-corrected chi connectivity index (χ2v) is 4.74. The van der Waals surface area contributed by atoms with Crippen molar-refractivity contribution in [1.29, 1.82) is 0 Å². The lowest BCUT2D eigenvalue weighted by molar-refractivity contribution is 1.33. The summed E-state index contributed by atoms with van der Waals surface area (Å²) in [5.41, 5.74) is 2.03. The van der Waals surface area contributed by atoms with Crippen molar-refractivity contribution in [2.24, 2.45) is 0 Å². The highest BCUT2D eigenvalue weighted by Gasteiger charge is 2.06. The maximum absolute atomic E-state index is 4.47. The van der Waals surface area contributed by atoms with E-state index >= 15 is 0 Å². The third-order valence-corrected chi connectivity index (χ3v) is 3.51. The molecule has 0 aliphatic carbocycles. The van der Waals surface area contributed by atoms with Crippen LogP contribution in [0.3, 0.4) is 0 Å². The molecule has 0 N–H and O–H groups in total. The van der Waals surface area contributed by atoms with E-state index in [1.165, 1.54) is 5.39 Å². The monoisotopic (exact) mass is 255 g/mol. The molecule has 93 valence electrons. The fourth-order valence-electron chi connectivity index (χ4n) is 2.50. The first-order valence-electron chi connectivity index (χ1n) is 6.52. The largest absolute Gasteiger partial charge is 0.264 e. The Morgan fingerprint density at radius 3 is 2.75 bits per heavy atom. The predicted molar refractivity (Wildman–Crippen MR) is 81.3 cm³/mol. The first kappa shape index (κ1) is 11.1. The van der Waals surface area contributed by atoms with Crippen LogP contribution >= 0.6 is 0 Å². The molecule has 0 unspecified atom stereocenters. The highest BCUT2D eigenvalue weighted by molar-refractivity contribution is 5.96. The normalized spacial score (nSPS) is 11.0. The predicted octanol–water partition coefficient (Wildman–Crippen LogP) is 4.25. The smallest absolute Gasteiger partial charge is 0.0978 e. The van der Waals surface area contributed by atoms with Crippen molar-refractivity contribution in [3.8, 4) is 11.3 Å². The van der Waals surface area contributed by atoms with Crippen LogP contribution in [0.15, 0.2) is 67.0 Å². The number of pyridine rings is 2. The first-order chi connectivity index (χ1) is 9.92. The minimum absolute atomic E-state index is 0.933. The van der Waals surface area contributed by atoms with E-state index in [1.807, 2.05) is 36.7 Å². The number of hydrogen-bond donors (Lipinski definition) is 0. The summed E-state index contributed by atoms with van der Waals surface area (Å²) in [6.07, 6.45) is 6.81. The van der Waals surface area contributed by atoms with Crippen LogP contribution in [0.2, 0.25) is 0 Å². The molecule has 2 heterocycles. The van der Waals surface area contributed by atoms with Gasteiger partial charge in [-0.25, -0.2) is 4.98 Å². The van der Waals surface area contributed by atoms with Crippen LogP contribution in [0.1, 0.15) is 0 Å². The highest BCUT2D eigenvalue weighted by atomic mass is 14.7. The summed E-state index contributed by atoms with van der Waals surface area (Å²) in [4.78, 5) is 8.70. The van der Waals surface area contributed by atoms with Crippen molar-refractivity contribution >= 4 is 21.5 Å². The summed E-state index contributed by atoms with van der Waals surface area (Å²) < 4.78 is 0. The number of rotatable bonds is 1. The number of fused-ring (bicyclic) bond motifs is 2. The summed E-state index contributed by atoms with van der Waals surface area (Å²) >= 11 is 0. The zero-order chi connectivity index (χ0) is 13.4. The molecule has 2 aromatic heterocycles. The summed E-state index contributed by atoms with van der Waals surface area (Å²) in [6, 6.07) is 18.5. The van der Waals surface area contributed by atoms with E-state index < -0.39 is 0 Å². The molecule has 2 aromatic carbocycles. The molecule has 0 spiro atoms. The van der Waals surface area contributed by atoms with Gasteiger partial charge < -0.3 is 0 Å². The van der Waals surface area contributed by atoms with E-state index in [0.717, 1.165) is 27.4 Å². The molecule has 0 saturated heterocycles. The second-order valence-electron chi connectivity index (χ2n) is 4.74. The van der Waals surface area contributed by atoms with Crippen LogP contribution in [0.25, 0.3) is 32.8 Å². The molecular formula is C18H11N2. The zero-order valence-electron chi connectivity index (χ0n) is 10.7. The second kappa shape index (κ2) is 4.42. The highest BCUT2D eigenvalue weighted by Crippen LogP contribution is 2.28. The van der Waals surface area contributed by atoms with Gasteiger partial charge in [0.05, 0.1) is 11.9 Å². The fourth-order valence-corrected chi connectivity index (χ4v) is 2.50. The number of aromatic nitrogens is 2. The van der Waals surface area contributed by atoms with Gasteiger partial charge in [-0.1, -0.05) is 42.5 Å². The molecule has 0 amide bonds. The van der Waals surface area contributed by atoms with Crippen molar-refractivity contribution < 1.29 is 0 Å². The lowest BCUT2D eigenvalue weighted by Crippen LogP contribution is -1.87. The van der Waals surface area contributed by atoms with E-state index in [-0.39, 0.29) is 0 Å². The van der Waals surface area contributed by atoms with Crippen molar-refractivity contribution in [1.82, 2.24) is 9.97 Å². The van der Waals surface area contributed by atoms with Crippen molar-refractivity contribution in [2.45, 2.75) is 0 Å². The Hall–Kier alpha value is -2.74. The van der Waals surface area contributed by atoms with Gasteiger partial charge in [0.1, 0.15) is 0 Å². The van der Waals surface area contributed by atoms with Crippen LogP contribution in [-0.4, -0.2) is 9.97 Å². The van der Waals surface area contributed by atoms with E-state index in [4.69, 9.17) is 0 Å². The average Bonchev–Trinajstić information content (AvgIpc) is 2.54. The molecule has 0 saturated carbocycles. The van der Waals surface area contributed by atoms with Gasteiger partial charge in [0, 0.05) is 28.7 Å². The molecule has 4 rings (SSSR count). The molecule has 0 fully saturated rings. The van der Waals surface area contributed by atoms with Gasteiger partial charge in [0.25, 0.3) is 0 Å². The van der Waals surface area contributed by atoms with Crippen LogP contribution in [0.5, 0.6) is 0 Å². The first-order valence-corrected chi connectivity index (χ1v) is 6.52.